The van der Waals surface area contributed by atoms with E-state index >= 15 is 0 Å². The van der Waals surface area contributed by atoms with Crippen LogP contribution in [0.1, 0.15) is 22.0 Å². The van der Waals surface area contributed by atoms with Crippen LogP contribution in [0.4, 0.5) is 0 Å². The van der Waals surface area contributed by atoms with Gasteiger partial charge in [-0.25, -0.2) is 0 Å². The largest absolute Gasteiger partial charge is 0.508 e. The van der Waals surface area contributed by atoms with Gasteiger partial charge in [-0.05, 0) is 47.3 Å². The zero-order valence-corrected chi connectivity index (χ0v) is 18.0. The van der Waals surface area contributed by atoms with Crippen LogP contribution in [0.15, 0.2) is 65.6 Å². The van der Waals surface area contributed by atoms with Gasteiger partial charge >= 0.3 is 0 Å². The Balaban J connectivity index is 1.87. The lowest BCUT2D eigenvalue weighted by molar-refractivity contribution is -0.140. The van der Waals surface area contributed by atoms with E-state index in [1.54, 1.807) is 24.3 Å². The number of hydrogen-bond donors (Lipinski definition) is 2. The Hall–Kier alpha value is -3.29. The van der Waals surface area contributed by atoms with Gasteiger partial charge in [0.15, 0.2) is 0 Å². The number of hydrogen-bond acceptors (Lipinski definition) is 6. The van der Waals surface area contributed by atoms with Crippen LogP contribution in [0.2, 0.25) is 5.02 Å². The Morgan fingerprint density at radius 2 is 1.97 bits per heavy atom. The molecule has 1 aromatic heterocycles. The molecule has 6 nitrogen and oxygen atoms in total. The first-order valence-electron chi connectivity index (χ1n) is 9.34. The van der Waals surface area contributed by atoms with E-state index in [9.17, 15) is 19.8 Å². The van der Waals surface area contributed by atoms with Crippen molar-refractivity contribution in [1.82, 2.24) is 4.90 Å². The maximum absolute atomic E-state index is 13.0. The third kappa shape index (κ3) is 3.89. The molecular formula is C23H18ClNO5S. The molecule has 2 heterocycles. The Morgan fingerprint density at radius 1 is 1.16 bits per heavy atom. The van der Waals surface area contributed by atoms with Crippen LogP contribution in [0.5, 0.6) is 11.5 Å². The third-order valence-corrected chi connectivity index (χ3v) is 6.21. The van der Waals surface area contributed by atoms with Crippen LogP contribution < -0.4 is 4.74 Å². The number of rotatable bonds is 5. The molecule has 0 spiro atoms. The monoisotopic (exact) mass is 455 g/mol. The Kier molecular flexibility index (Phi) is 5.71. The molecule has 8 heteroatoms. The van der Waals surface area contributed by atoms with Crippen LogP contribution >= 0.6 is 22.9 Å². The van der Waals surface area contributed by atoms with Gasteiger partial charge in [-0.1, -0.05) is 29.8 Å². The topological polar surface area (TPSA) is 87.1 Å². The fraction of sp³-hybridized carbons (Fsp3) is 0.130. The number of nitrogens with zero attached hydrogens (tertiary/aromatic N) is 1. The van der Waals surface area contributed by atoms with Gasteiger partial charge in [-0.15, -0.1) is 11.3 Å². The number of thiophene rings is 1. The smallest absolute Gasteiger partial charge is 0.295 e. The van der Waals surface area contributed by atoms with Gasteiger partial charge in [0.05, 0.1) is 30.3 Å². The molecule has 0 bridgehead atoms. The summed E-state index contributed by atoms with van der Waals surface area (Å²) in [5, 5.41) is 23.2. The second-order valence-corrected chi connectivity index (χ2v) is 8.39. The van der Waals surface area contributed by atoms with Crippen LogP contribution in [-0.4, -0.2) is 33.9 Å². The highest BCUT2D eigenvalue weighted by molar-refractivity contribution is 7.09. The first kappa shape index (κ1) is 21.0. The van der Waals surface area contributed by atoms with Crippen molar-refractivity contribution in [3.63, 3.8) is 0 Å². The number of aliphatic hydroxyl groups is 1. The molecule has 1 fully saturated rings. The molecule has 2 aromatic carbocycles. The van der Waals surface area contributed by atoms with E-state index in [4.69, 9.17) is 16.3 Å². The predicted octanol–water partition coefficient (Wildman–Crippen LogP) is 4.74. The molecule has 1 aliphatic heterocycles. The fourth-order valence-corrected chi connectivity index (χ4v) is 4.58. The standard InChI is InChI=1S/C23H18ClNO5S/c1-30-18-8-7-14(11-17(18)24)21(27)19-20(13-4-2-5-15(26)10-13)25(23(29)22(19)28)12-16-6-3-9-31-16/h2-11,20,26-27H,12H2,1H3/b21-19-. The molecule has 0 aliphatic carbocycles. The van der Waals surface area contributed by atoms with E-state index in [0.29, 0.717) is 11.3 Å². The maximum atomic E-state index is 13.0. The summed E-state index contributed by atoms with van der Waals surface area (Å²) in [6.07, 6.45) is 0. The number of phenols is 1. The number of benzene rings is 2. The number of ketones is 1. The summed E-state index contributed by atoms with van der Waals surface area (Å²) in [6, 6.07) is 13.8. The van der Waals surface area contributed by atoms with Gasteiger partial charge < -0.3 is 19.8 Å². The van der Waals surface area contributed by atoms with Crippen molar-refractivity contribution in [1.29, 1.82) is 0 Å². The molecule has 4 rings (SSSR count). The van der Waals surface area contributed by atoms with E-state index in [1.807, 2.05) is 17.5 Å². The number of phenolic OH excluding ortho intramolecular Hbond substituents is 1. The summed E-state index contributed by atoms with van der Waals surface area (Å²) in [4.78, 5) is 28.2. The Bertz CT molecular complexity index is 1190. The van der Waals surface area contributed by atoms with E-state index in [0.717, 1.165) is 4.88 Å². The first-order chi connectivity index (χ1) is 14.9. The molecule has 3 aromatic rings. The number of carbonyl (C=O) groups is 2. The minimum absolute atomic E-state index is 0.00768. The molecule has 1 amide bonds. The molecule has 1 saturated heterocycles. The van der Waals surface area contributed by atoms with Crippen molar-refractivity contribution in [2.45, 2.75) is 12.6 Å². The van der Waals surface area contributed by atoms with Gasteiger partial charge in [0, 0.05) is 10.4 Å². The van der Waals surface area contributed by atoms with Gasteiger partial charge in [-0.3, -0.25) is 9.59 Å². The summed E-state index contributed by atoms with van der Waals surface area (Å²) in [7, 11) is 1.47. The minimum Gasteiger partial charge on any atom is -0.508 e. The first-order valence-corrected chi connectivity index (χ1v) is 10.6. The molecule has 31 heavy (non-hydrogen) atoms. The van der Waals surface area contributed by atoms with Crippen molar-refractivity contribution < 1.29 is 24.5 Å². The molecule has 0 saturated carbocycles. The highest BCUT2D eigenvalue weighted by Crippen LogP contribution is 2.42. The number of Topliss-reactive ketones (excluding diaryl/α,β-unsaturated/α-hetero) is 1. The van der Waals surface area contributed by atoms with Gasteiger partial charge in [0.1, 0.15) is 17.3 Å². The Morgan fingerprint density at radius 3 is 2.61 bits per heavy atom. The lowest BCUT2D eigenvalue weighted by Gasteiger charge is -2.25. The normalized spacial score (nSPS) is 17.9. The molecular weight excluding hydrogens is 438 g/mol. The number of likely N-dealkylation sites (tertiary alicyclic amines) is 1. The van der Waals surface area contributed by atoms with Crippen LogP contribution in [0, 0.1) is 0 Å². The lowest BCUT2D eigenvalue weighted by atomic mass is 9.95. The van der Waals surface area contributed by atoms with Crippen molar-refractivity contribution >= 4 is 40.4 Å². The zero-order chi connectivity index (χ0) is 22.1. The minimum atomic E-state index is -0.866. The highest BCUT2D eigenvalue weighted by Gasteiger charge is 2.46. The van der Waals surface area contributed by atoms with E-state index in [2.05, 4.69) is 0 Å². The number of aromatic hydroxyl groups is 1. The third-order valence-electron chi connectivity index (χ3n) is 5.06. The summed E-state index contributed by atoms with van der Waals surface area (Å²) >= 11 is 7.65. The summed E-state index contributed by atoms with van der Waals surface area (Å²) in [5.41, 5.74) is 0.732. The fourth-order valence-electron chi connectivity index (χ4n) is 3.62. The number of ether oxygens (including phenoxy) is 1. The van der Waals surface area contributed by atoms with E-state index in [1.165, 1.54) is 41.5 Å². The van der Waals surface area contributed by atoms with Crippen LogP contribution in [0.3, 0.4) is 0 Å². The second-order valence-electron chi connectivity index (χ2n) is 6.95. The average Bonchev–Trinajstić information content (AvgIpc) is 3.35. The second kappa shape index (κ2) is 8.45. The van der Waals surface area contributed by atoms with Crippen molar-refractivity contribution in [2.24, 2.45) is 0 Å². The van der Waals surface area contributed by atoms with Crippen molar-refractivity contribution in [2.75, 3.05) is 7.11 Å². The Labute approximate surface area is 187 Å². The quantitative estimate of drug-likeness (QED) is 0.329. The summed E-state index contributed by atoms with van der Waals surface area (Å²) in [6.45, 7) is 0.197. The number of aliphatic hydroxyl groups excluding tert-OH is 1. The van der Waals surface area contributed by atoms with Crippen LogP contribution in [-0.2, 0) is 16.1 Å². The lowest BCUT2D eigenvalue weighted by Crippen LogP contribution is -2.28. The molecule has 158 valence electrons. The molecule has 0 radical (unpaired) electrons. The SMILES string of the molecule is COc1ccc(/C(O)=C2/C(=O)C(=O)N(Cc3cccs3)C2c2cccc(O)c2)cc1Cl. The number of methoxy groups -OCH3 is 1. The zero-order valence-electron chi connectivity index (χ0n) is 16.4. The number of carbonyl (C=O) groups excluding carboxylic acids is 2. The summed E-state index contributed by atoms with van der Waals surface area (Å²) < 4.78 is 5.14. The molecule has 1 atom stereocenters. The number of halogens is 1. The number of amides is 1. The summed E-state index contributed by atoms with van der Waals surface area (Å²) in [5.74, 6) is -1.45. The maximum Gasteiger partial charge on any atom is 0.295 e. The van der Waals surface area contributed by atoms with Crippen molar-refractivity contribution in [3.8, 4) is 11.5 Å². The van der Waals surface area contributed by atoms with E-state index in [-0.39, 0.29) is 34.2 Å². The highest BCUT2D eigenvalue weighted by atomic mass is 35.5. The van der Waals surface area contributed by atoms with E-state index < -0.39 is 17.7 Å². The van der Waals surface area contributed by atoms with Gasteiger partial charge in [0.2, 0.25) is 0 Å². The van der Waals surface area contributed by atoms with Crippen molar-refractivity contribution in [3.05, 3.63) is 86.6 Å². The molecule has 1 aliphatic rings. The molecule has 2 N–H and O–H groups in total. The predicted molar refractivity (Wildman–Crippen MR) is 118 cm³/mol. The van der Waals surface area contributed by atoms with Gasteiger partial charge in [-0.2, -0.15) is 0 Å². The van der Waals surface area contributed by atoms with Crippen LogP contribution in [0.25, 0.3) is 5.76 Å². The molecule has 1 unspecified atom stereocenters. The van der Waals surface area contributed by atoms with Gasteiger partial charge in [0.25, 0.3) is 11.7 Å². The average molecular weight is 456 g/mol.